The summed E-state index contributed by atoms with van der Waals surface area (Å²) in [5, 5.41) is 0.377. The molecule has 1 aromatic rings. The lowest BCUT2D eigenvalue weighted by atomic mass is 9.95. The number of fused-ring (bicyclic) bond motifs is 1. The summed E-state index contributed by atoms with van der Waals surface area (Å²) in [6.45, 7) is 7.71. The Hall–Kier alpha value is -1.82. The minimum absolute atomic E-state index is 0.148. The number of aromatic nitrogens is 1. The number of carbonyl (C=O) groups is 2. The fourth-order valence-electron chi connectivity index (χ4n) is 2.40. The van der Waals surface area contributed by atoms with Crippen molar-refractivity contribution in [2.24, 2.45) is 0 Å². The lowest BCUT2D eigenvalue weighted by Crippen LogP contribution is -2.42. The molecule has 0 saturated heterocycles. The van der Waals surface area contributed by atoms with E-state index in [2.05, 4.69) is 4.98 Å². The summed E-state index contributed by atoms with van der Waals surface area (Å²) in [5.41, 5.74) is 1.07. The van der Waals surface area contributed by atoms with Crippen LogP contribution < -0.4 is 0 Å². The van der Waals surface area contributed by atoms with Crippen LogP contribution in [0.4, 0.5) is 4.79 Å². The Morgan fingerprint density at radius 3 is 2.70 bits per heavy atom. The van der Waals surface area contributed by atoms with Crippen molar-refractivity contribution in [1.82, 2.24) is 9.88 Å². The Labute approximate surface area is 140 Å². The third-order valence-electron chi connectivity index (χ3n) is 3.31. The highest BCUT2D eigenvalue weighted by molar-refractivity contribution is 6.29. The molecular formula is C16H21ClN2O4. The second kappa shape index (κ2) is 6.74. The van der Waals surface area contributed by atoms with Gasteiger partial charge in [-0.25, -0.2) is 9.78 Å². The van der Waals surface area contributed by atoms with Gasteiger partial charge in [0.05, 0.1) is 18.2 Å². The van der Waals surface area contributed by atoms with Crippen molar-refractivity contribution in [2.45, 2.75) is 45.8 Å². The number of amides is 1. The molecule has 2 rings (SSSR count). The average molecular weight is 341 g/mol. The van der Waals surface area contributed by atoms with Crippen LogP contribution >= 0.6 is 11.6 Å². The molecule has 0 bridgehead atoms. The number of hydrogen-bond acceptors (Lipinski definition) is 5. The molecule has 0 saturated carbocycles. The SMILES string of the molecule is CC(=O)OCC1CN(C(=O)OC(C)(C)C)Cc2ccc(Cl)nc21. The third-order valence-corrected chi connectivity index (χ3v) is 3.52. The van der Waals surface area contributed by atoms with Gasteiger partial charge < -0.3 is 14.4 Å². The fourth-order valence-corrected chi connectivity index (χ4v) is 2.56. The van der Waals surface area contributed by atoms with E-state index in [1.807, 2.05) is 26.8 Å². The molecule has 1 atom stereocenters. The Morgan fingerprint density at radius 1 is 1.39 bits per heavy atom. The molecule has 23 heavy (non-hydrogen) atoms. The van der Waals surface area contributed by atoms with Crippen LogP contribution in [0.2, 0.25) is 5.15 Å². The number of rotatable bonds is 2. The van der Waals surface area contributed by atoms with E-state index in [1.54, 1.807) is 11.0 Å². The van der Waals surface area contributed by atoms with Crippen molar-refractivity contribution in [3.8, 4) is 0 Å². The quantitative estimate of drug-likeness (QED) is 0.611. The number of hydrogen-bond donors (Lipinski definition) is 0. The maximum atomic E-state index is 12.3. The number of halogens is 1. The molecule has 2 heterocycles. The van der Waals surface area contributed by atoms with Crippen molar-refractivity contribution in [3.05, 3.63) is 28.5 Å². The monoisotopic (exact) mass is 340 g/mol. The van der Waals surface area contributed by atoms with Gasteiger partial charge in [-0.05, 0) is 32.4 Å². The van der Waals surface area contributed by atoms with E-state index in [0.717, 1.165) is 11.3 Å². The molecule has 1 aromatic heterocycles. The van der Waals surface area contributed by atoms with Crippen molar-refractivity contribution in [2.75, 3.05) is 13.2 Å². The number of ether oxygens (including phenoxy) is 2. The van der Waals surface area contributed by atoms with E-state index in [1.165, 1.54) is 6.92 Å². The van der Waals surface area contributed by atoms with Crippen molar-refractivity contribution >= 4 is 23.7 Å². The lowest BCUT2D eigenvalue weighted by Gasteiger charge is -2.34. The molecule has 1 unspecified atom stereocenters. The summed E-state index contributed by atoms with van der Waals surface area (Å²) >= 11 is 5.97. The van der Waals surface area contributed by atoms with Crippen LogP contribution in [0.25, 0.3) is 0 Å². The van der Waals surface area contributed by atoms with Gasteiger partial charge in [0, 0.05) is 13.5 Å². The van der Waals surface area contributed by atoms with E-state index in [4.69, 9.17) is 21.1 Å². The average Bonchev–Trinajstić information content (AvgIpc) is 2.42. The molecule has 7 heteroatoms. The molecule has 0 aliphatic carbocycles. The van der Waals surface area contributed by atoms with Crippen LogP contribution in [-0.4, -0.2) is 40.7 Å². The number of nitrogens with zero attached hydrogens (tertiary/aromatic N) is 2. The smallest absolute Gasteiger partial charge is 0.410 e. The number of carbonyl (C=O) groups excluding carboxylic acids is 2. The zero-order valence-corrected chi connectivity index (χ0v) is 14.5. The third kappa shape index (κ3) is 4.82. The second-order valence-electron chi connectivity index (χ2n) is 6.54. The van der Waals surface area contributed by atoms with Gasteiger partial charge in [-0.3, -0.25) is 4.79 Å². The van der Waals surface area contributed by atoms with Crippen molar-refractivity contribution < 1.29 is 19.1 Å². The topological polar surface area (TPSA) is 68.7 Å². The van der Waals surface area contributed by atoms with E-state index >= 15 is 0 Å². The highest BCUT2D eigenvalue weighted by Gasteiger charge is 2.32. The summed E-state index contributed by atoms with van der Waals surface area (Å²) < 4.78 is 10.5. The first-order valence-corrected chi connectivity index (χ1v) is 7.80. The zero-order valence-electron chi connectivity index (χ0n) is 13.8. The molecule has 0 radical (unpaired) electrons. The van der Waals surface area contributed by atoms with Gasteiger partial charge in [-0.15, -0.1) is 0 Å². The highest BCUT2D eigenvalue weighted by Crippen LogP contribution is 2.29. The summed E-state index contributed by atoms with van der Waals surface area (Å²) in [5.74, 6) is -0.600. The Kier molecular flexibility index (Phi) is 5.14. The first-order valence-electron chi connectivity index (χ1n) is 7.42. The summed E-state index contributed by atoms with van der Waals surface area (Å²) in [6, 6.07) is 3.52. The van der Waals surface area contributed by atoms with Crippen LogP contribution in [0.1, 0.15) is 44.9 Å². The molecule has 1 aliphatic heterocycles. The minimum Gasteiger partial charge on any atom is -0.465 e. The van der Waals surface area contributed by atoms with Crippen LogP contribution in [0, 0.1) is 0 Å². The number of esters is 1. The van der Waals surface area contributed by atoms with Crippen molar-refractivity contribution in [3.63, 3.8) is 0 Å². The maximum Gasteiger partial charge on any atom is 0.410 e. The van der Waals surface area contributed by atoms with Gasteiger partial charge in [0.2, 0.25) is 0 Å². The molecule has 0 spiro atoms. The van der Waals surface area contributed by atoms with Gasteiger partial charge in [-0.1, -0.05) is 17.7 Å². The maximum absolute atomic E-state index is 12.3. The first-order chi connectivity index (χ1) is 10.7. The zero-order chi connectivity index (χ0) is 17.2. The van der Waals surface area contributed by atoms with E-state index < -0.39 is 11.7 Å². The van der Waals surface area contributed by atoms with Crippen LogP contribution in [-0.2, 0) is 20.8 Å². The molecular weight excluding hydrogens is 320 g/mol. The molecule has 0 fully saturated rings. The van der Waals surface area contributed by atoms with E-state index in [-0.39, 0.29) is 18.5 Å². The lowest BCUT2D eigenvalue weighted by molar-refractivity contribution is -0.141. The predicted octanol–water partition coefficient (Wildman–Crippen LogP) is 3.13. The molecule has 0 aromatic carbocycles. The molecule has 0 N–H and O–H groups in total. The van der Waals surface area contributed by atoms with Crippen LogP contribution in [0.15, 0.2) is 12.1 Å². The highest BCUT2D eigenvalue weighted by atomic mass is 35.5. The summed E-state index contributed by atoms with van der Waals surface area (Å²) in [6.07, 6.45) is -0.397. The standard InChI is InChI=1S/C16H21ClN2O4/c1-10(20)22-9-12-8-19(15(21)23-16(2,3)4)7-11-5-6-13(17)18-14(11)12/h5-6,12H,7-9H2,1-4H3. The van der Waals surface area contributed by atoms with Gasteiger partial charge in [0.1, 0.15) is 17.4 Å². The molecule has 6 nitrogen and oxygen atoms in total. The molecule has 1 aliphatic rings. The Balaban J connectivity index is 2.22. The summed E-state index contributed by atoms with van der Waals surface area (Å²) in [7, 11) is 0. The number of pyridine rings is 1. The minimum atomic E-state index is -0.568. The Bertz CT molecular complexity index is 613. The summed E-state index contributed by atoms with van der Waals surface area (Å²) in [4.78, 5) is 29.3. The van der Waals surface area contributed by atoms with Crippen molar-refractivity contribution in [1.29, 1.82) is 0 Å². The Morgan fingerprint density at radius 2 is 2.09 bits per heavy atom. The second-order valence-corrected chi connectivity index (χ2v) is 6.93. The van der Waals surface area contributed by atoms with Gasteiger partial charge in [0.15, 0.2) is 0 Å². The first kappa shape index (κ1) is 17.5. The van der Waals surface area contributed by atoms with E-state index in [9.17, 15) is 9.59 Å². The molecule has 126 valence electrons. The predicted molar refractivity (Wildman–Crippen MR) is 85.3 cm³/mol. The van der Waals surface area contributed by atoms with Gasteiger partial charge in [-0.2, -0.15) is 0 Å². The normalized spacial score (nSPS) is 17.4. The molecule has 1 amide bonds. The largest absolute Gasteiger partial charge is 0.465 e. The van der Waals surface area contributed by atoms with Gasteiger partial charge >= 0.3 is 12.1 Å². The van der Waals surface area contributed by atoms with Crippen LogP contribution in [0.3, 0.4) is 0 Å². The van der Waals surface area contributed by atoms with E-state index in [0.29, 0.717) is 18.2 Å². The van der Waals surface area contributed by atoms with Crippen LogP contribution in [0.5, 0.6) is 0 Å². The fraction of sp³-hybridized carbons (Fsp3) is 0.562. The van der Waals surface area contributed by atoms with Gasteiger partial charge in [0.25, 0.3) is 0 Å².